The van der Waals surface area contributed by atoms with Gasteiger partial charge in [-0.25, -0.2) is 4.98 Å². The van der Waals surface area contributed by atoms with E-state index in [-0.39, 0.29) is 36.0 Å². The zero-order valence-electron chi connectivity index (χ0n) is 20.2. The summed E-state index contributed by atoms with van der Waals surface area (Å²) < 4.78 is 12.9. The summed E-state index contributed by atoms with van der Waals surface area (Å²) in [6, 6.07) is 7.23. The van der Waals surface area contributed by atoms with Crippen molar-refractivity contribution in [3.63, 3.8) is 0 Å². The van der Waals surface area contributed by atoms with Crippen molar-refractivity contribution in [3.8, 4) is 5.75 Å². The molecule has 0 spiro atoms. The molecule has 0 bridgehead atoms. The van der Waals surface area contributed by atoms with Gasteiger partial charge in [-0.1, -0.05) is 11.6 Å². The van der Waals surface area contributed by atoms with Crippen molar-refractivity contribution in [1.82, 2.24) is 19.9 Å². The Morgan fingerprint density at radius 2 is 2.00 bits per heavy atom. The lowest BCUT2D eigenvalue weighted by molar-refractivity contribution is -0.122. The molecule has 4 rings (SSSR count). The van der Waals surface area contributed by atoms with Gasteiger partial charge in [-0.05, 0) is 45.0 Å². The molecule has 1 amide bonds. The molecular formula is C24H29ClN6O4. The Morgan fingerprint density at radius 3 is 2.69 bits per heavy atom. The lowest BCUT2D eigenvalue weighted by atomic mass is 10.1. The average molecular weight is 501 g/mol. The Morgan fingerprint density at radius 1 is 1.26 bits per heavy atom. The van der Waals surface area contributed by atoms with Gasteiger partial charge in [0.2, 0.25) is 5.95 Å². The molecule has 1 saturated heterocycles. The van der Waals surface area contributed by atoms with Crippen molar-refractivity contribution in [2.75, 3.05) is 37.0 Å². The largest absolute Gasteiger partial charge is 0.478 e. The van der Waals surface area contributed by atoms with Gasteiger partial charge in [0.05, 0.1) is 23.9 Å². The molecule has 11 heteroatoms. The van der Waals surface area contributed by atoms with Crippen molar-refractivity contribution in [1.29, 1.82) is 0 Å². The number of likely N-dealkylation sites (N-methyl/N-ethyl adjacent to an activating group) is 1. The highest BCUT2D eigenvalue weighted by Gasteiger charge is 2.24. The van der Waals surface area contributed by atoms with Crippen molar-refractivity contribution in [2.24, 2.45) is 0 Å². The van der Waals surface area contributed by atoms with Crippen LogP contribution in [0.25, 0.3) is 10.9 Å². The molecule has 2 unspecified atom stereocenters. The maximum absolute atomic E-state index is 12.8. The van der Waals surface area contributed by atoms with Gasteiger partial charge in [0.25, 0.3) is 11.5 Å². The third-order valence-corrected chi connectivity index (χ3v) is 5.99. The minimum Gasteiger partial charge on any atom is -0.478 e. The maximum atomic E-state index is 12.8. The number of pyridine rings is 1. The quantitative estimate of drug-likeness (QED) is 0.509. The number of benzene rings is 1. The highest BCUT2D eigenvalue weighted by Crippen LogP contribution is 2.28. The Balaban J connectivity index is 1.65. The number of ether oxygens (including phenoxy) is 2. The van der Waals surface area contributed by atoms with E-state index in [2.05, 4.69) is 25.5 Å². The smallest absolute Gasteiger partial charge is 0.293 e. The van der Waals surface area contributed by atoms with Crippen molar-refractivity contribution in [2.45, 2.75) is 39.5 Å². The number of hydrogen-bond donors (Lipinski definition) is 2. The van der Waals surface area contributed by atoms with E-state index in [1.54, 1.807) is 16.8 Å². The molecule has 1 aliphatic rings. The molecule has 0 radical (unpaired) electrons. The lowest BCUT2D eigenvalue weighted by Crippen LogP contribution is -2.46. The number of fused-ring (bicyclic) bond motifs is 1. The Bertz CT molecular complexity index is 1290. The minimum atomic E-state index is -0.318. The van der Waals surface area contributed by atoms with Crippen molar-refractivity contribution < 1.29 is 14.3 Å². The number of aromatic nitrogens is 3. The van der Waals surface area contributed by atoms with Crippen LogP contribution in [-0.4, -0.2) is 59.4 Å². The molecule has 2 N–H and O–H groups in total. The summed E-state index contributed by atoms with van der Waals surface area (Å²) in [6.45, 7) is 7.52. The van der Waals surface area contributed by atoms with Crippen molar-refractivity contribution >= 4 is 45.9 Å². The van der Waals surface area contributed by atoms with Gasteiger partial charge in [-0.3, -0.25) is 9.59 Å². The molecule has 1 aliphatic heterocycles. The minimum absolute atomic E-state index is 0.0749. The number of amides is 1. The van der Waals surface area contributed by atoms with E-state index >= 15 is 0 Å². The molecule has 186 valence electrons. The summed E-state index contributed by atoms with van der Waals surface area (Å²) in [6.07, 6.45) is 1.73. The summed E-state index contributed by atoms with van der Waals surface area (Å²) in [5.74, 6) is 0.839. The van der Waals surface area contributed by atoms with Crippen LogP contribution in [-0.2, 0) is 16.1 Å². The Labute approximate surface area is 208 Å². The van der Waals surface area contributed by atoms with Crippen LogP contribution in [0.5, 0.6) is 5.75 Å². The Kier molecular flexibility index (Phi) is 7.42. The molecule has 10 nitrogen and oxygen atoms in total. The topological polar surface area (TPSA) is 111 Å². The van der Waals surface area contributed by atoms with E-state index in [4.69, 9.17) is 21.1 Å². The second-order valence-electron chi connectivity index (χ2n) is 8.45. The number of rotatable bonds is 7. The van der Waals surface area contributed by atoms with Gasteiger partial charge in [-0.15, -0.1) is 0 Å². The third kappa shape index (κ3) is 5.49. The van der Waals surface area contributed by atoms with E-state index in [1.807, 2.05) is 39.0 Å². The van der Waals surface area contributed by atoms with Gasteiger partial charge in [0.1, 0.15) is 5.02 Å². The van der Waals surface area contributed by atoms with Gasteiger partial charge in [0.15, 0.2) is 18.2 Å². The standard InChI is InChI=1S/C24H29ClN6O4/c1-5-31-19-7-6-17(8-16(19)9-20(23(31)33)34-13-21(32)26-4)28-22-18(25)10-27-24(29-22)30-11-14(2)35-15(3)12-30/h6-10,14-15H,5,11-13H2,1-4H3,(H,26,32)(H,27,28,29). The molecular weight excluding hydrogens is 472 g/mol. The first-order valence-corrected chi connectivity index (χ1v) is 11.9. The van der Waals surface area contributed by atoms with E-state index < -0.39 is 0 Å². The SMILES string of the molecule is CCn1c(=O)c(OCC(=O)NC)cc2cc(Nc3nc(N4CC(C)OC(C)C4)ncc3Cl)ccc21. The second-order valence-corrected chi connectivity index (χ2v) is 8.85. The number of carbonyl (C=O) groups is 1. The molecule has 0 aliphatic carbocycles. The monoisotopic (exact) mass is 500 g/mol. The van der Waals surface area contributed by atoms with Gasteiger partial charge >= 0.3 is 0 Å². The second kappa shape index (κ2) is 10.5. The van der Waals surface area contributed by atoms with Crippen LogP contribution >= 0.6 is 11.6 Å². The summed E-state index contributed by atoms with van der Waals surface area (Å²) in [5, 5.41) is 6.89. The maximum Gasteiger partial charge on any atom is 0.293 e. The first-order chi connectivity index (χ1) is 16.8. The number of nitrogens with zero attached hydrogens (tertiary/aromatic N) is 4. The first kappa shape index (κ1) is 24.7. The van der Waals surface area contributed by atoms with Crippen LogP contribution in [0.4, 0.5) is 17.5 Å². The van der Waals surface area contributed by atoms with E-state index in [1.165, 1.54) is 7.05 Å². The number of nitrogens with one attached hydrogen (secondary N) is 2. The molecule has 1 fully saturated rings. The summed E-state index contributed by atoms with van der Waals surface area (Å²) >= 11 is 6.40. The number of morpholine rings is 1. The van der Waals surface area contributed by atoms with Crippen molar-refractivity contribution in [3.05, 3.63) is 45.8 Å². The first-order valence-electron chi connectivity index (χ1n) is 11.5. The Hall–Kier alpha value is -3.37. The number of carbonyl (C=O) groups excluding carboxylic acids is 1. The number of halogens is 1. The van der Waals surface area contributed by atoms with Crippen LogP contribution in [0.1, 0.15) is 20.8 Å². The predicted molar refractivity (Wildman–Crippen MR) is 136 cm³/mol. The number of anilines is 3. The van der Waals surface area contributed by atoms with Crippen LogP contribution in [0, 0.1) is 0 Å². The fourth-order valence-corrected chi connectivity index (χ4v) is 4.29. The van der Waals surface area contributed by atoms with Crippen LogP contribution < -0.4 is 25.8 Å². The van der Waals surface area contributed by atoms with E-state index in [9.17, 15) is 9.59 Å². The fraction of sp³-hybridized carbons (Fsp3) is 0.417. The highest BCUT2D eigenvalue weighted by molar-refractivity contribution is 6.32. The normalized spacial score (nSPS) is 17.9. The molecule has 2 aromatic heterocycles. The molecule has 2 atom stereocenters. The number of aryl methyl sites for hydroxylation is 1. The molecule has 0 saturated carbocycles. The summed E-state index contributed by atoms with van der Waals surface area (Å²) in [4.78, 5) is 35.5. The fourth-order valence-electron chi connectivity index (χ4n) is 4.15. The molecule has 3 heterocycles. The van der Waals surface area contributed by atoms with Crippen LogP contribution in [0.15, 0.2) is 35.3 Å². The zero-order valence-corrected chi connectivity index (χ0v) is 20.9. The van der Waals surface area contributed by atoms with Gasteiger partial charge in [-0.2, -0.15) is 4.98 Å². The zero-order chi connectivity index (χ0) is 25.1. The average Bonchev–Trinajstić information content (AvgIpc) is 2.83. The molecule has 3 aromatic rings. The van der Waals surface area contributed by atoms with Gasteiger partial charge in [0, 0.05) is 37.8 Å². The van der Waals surface area contributed by atoms with Gasteiger partial charge < -0.3 is 29.6 Å². The number of hydrogen-bond acceptors (Lipinski definition) is 8. The third-order valence-electron chi connectivity index (χ3n) is 5.71. The van der Waals surface area contributed by atoms with Crippen LogP contribution in [0.2, 0.25) is 5.02 Å². The van der Waals surface area contributed by atoms with E-state index in [0.29, 0.717) is 36.4 Å². The summed E-state index contributed by atoms with van der Waals surface area (Å²) in [5.41, 5.74) is 1.19. The van der Waals surface area contributed by atoms with Crippen LogP contribution in [0.3, 0.4) is 0 Å². The van der Waals surface area contributed by atoms with E-state index in [0.717, 1.165) is 16.6 Å². The molecule has 1 aromatic carbocycles. The predicted octanol–water partition coefficient (Wildman–Crippen LogP) is 2.95. The highest BCUT2D eigenvalue weighted by atomic mass is 35.5. The lowest BCUT2D eigenvalue weighted by Gasteiger charge is -2.35. The molecule has 35 heavy (non-hydrogen) atoms. The summed E-state index contributed by atoms with van der Waals surface area (Å²) in [7, 11) is 1.51.